The van der Waals surface area contributed by atoms with Crippen LogP contribution in [0.1, 0.15) is 45.1 Å². The number of carbonyl (C=O) groups excluding carboxylic acids is 2. The normalized spacial score (nSPS) is 24.9. The van der Waals surface area contributed by atoms with Gasteiger partial charge < -0.3 is 35.4 Å². The Labute approximate surface area is 190 Å². The van der Waals surface area contributed by atoms with Crippen molar-refractivity contribution in [2.45, 2.75) is 70.2 Å². The maximum absolute atomic E-state index is 13.7. The van der Waals surface area contributed by atoms with Crippen LogP contribution in [0.2, 0.25) is 0 Å². The molecule has 0 radical (unpaired) electrons. The van der Waals surface area contributed by atoms with Gasteiger partial charge in [-0.1, -0.05) is 5.57 Å². The molecule has 5 N–H and O–H groups in total. The van der Waals surface area contributed by atoms with Gasteiger partial charge in [-0.25, -0.2) is 8.78 Å². The highest BCUT2D eigenvalue weighted by Gasteiger charge is 2.46. The van der Waals surface area contributed by atoms with E-state index in [-0.39, 0.29) is 23.8 Å². The van der Waals surface area contributed by atoms with E-state index in [0.29, 0.717) is 12.8 Å². The van der Waals surface area contributed by atoms with E-state index in [2.05, 4.69) is 17.2 Å². The van der Waals surface area contributed by atoms with Crippen LogP contribution in [0.4, 0.5) is 14.5 Å². The predicted octanol–water partition coefficient (Wildman–Crippen LogP) is 1.63. The van der Waals surface area contributed by atoms with Crippen LogP contribution in [0.3, 0.4) is 0 Å². The van der Waals surface area contributed by atoms with E-state index in [1.807, 2.05) is 6.92 Å². The zero-order valence-corrected chi connectivity index (χ0v) is 18.5. The number of benzene rings is 1. The van der Waals surface area contributed by atoms with Gasteiger partial charge in [0.1, 0.15) is 30.1 Å². The van der Waals surface area contributed by atoms with Gasteiger partial charge in [0.25, 0.3) is 6.43 Å². The number of alkyl halides is 2. The van der Waals surface area contributed by atoms with Gasteiger partial charge >= 0.3 is 0 Å². The predicted molar refractivity (Wildman–Crippen MR) is 115 cm³/mol. The number of hydrogen-bond acceptors (Lipinski definition) is 7. The fraction of sp³-hybridized carbons (Fsp3) is 0.545. The van der Waals surface area contributed by atoms with Gasteiger partial charge in [0.15, 0.2) is 0 Å². The molecule has 1 aromatic carbocycles. The molecule has 1 aliphatic rings. The molecule has 9 nitrogen and oxygen atoms in total. The van der Waals surface area contributed by atoms with Crippen LogP contribution in [0.25, 0.3) is 0 Å². The number of amides is 2. The second kappa shape index (κ2) is 12.0. The summed E-state index contributed by atoms with van der Waals surface area (Å²) >= 11 is 0. The third-order valence-electron chi connectivity index (χ3n) is 5.03. The summed E-state index contributed by atoms with van der Waals surface area (Å²) in [6.45, 7) is 6.09. The van der Waals surface area contributed by atoms with Crippen molar-refractivity contribution in [1.82, 2.24) is 5.32 Å². The van der Waals surface area contributed by atoms with Crippen LogP contribution in [0.5, 0.6) is 5.75 Å². The van der Waals surface area contributed by atoms with E-state index in [4.69, 9.17) is 9.47 Å². The molecule has 1 fully saturated rings. The molecular weight excluding hydrogens is 442 g/mol. The minimum absolute atomic E-state index is 0.143. The lowest BCUT2D eigenvalue weighted by atomic mass is 9.97. The maximum atomic E-state index is 13.7. The minimum Gasteiger partial charge on any atom is -0.462 e. The summed E-state index contributed by atoms with van der Waals surface area (Å²) < 4.78 is 38.4. The summed E-state index contributed by atoms with van der Waals surface area (Å²) in [6, 6.07) is 2.33. The summed E-state index contributed by atoms with van der Waals surface area (Å²) in [4.78, 5) is 23.6. The van der Waals surface area contributed by atoms with Gasteiger partial charge in [0.2, 0.25) is 18.1 Å². The Kier molecular flexibility index (Phi) is 9.71. The van der Waals surface area contributed by atoms with Crippen molar-refractivity contribution in [2.24, 2.45) is 0 Å². The number of aliphatic hydroxyl groups is 3. The Morgan fingerprint density at radius 2 is 1.91 bits per heavy atom. The Morgan fingerprint density at radius 1 is 1.21 bits per heavy atom. The molecule has 0 aliphatic carbocycles. The number of halogens is 2. The third kappa shape index (κ3) is 7.46. The number of allylic oxidation sites excluding steroid dienone is 1. The van der Waals surface area contributed by atoms with E-state index >= 15 is 0 Å². The lowest BCUT2D eigenvalue weighted by Crippen LogP contribution is -2.65. The van der Waals surface area contributed by atoms with Crippen molar-refractivity contribution >= 4 is 17.5 Å². The van der Waals surface area contributed by atoms with Crippen LogP contribution >= 0.6 is 0 Å². The van der Waals surface area contributed by atoms with Crippen LogP contribution < -0.4 is 15.4 Å². The first kappa shape index (κ1) is 26.7. The van der Waals surface area contributed by atoms with Gasteiger partial charge in [0.05, 0.1) is 12.2 Å². The molecule has 0 saturated carbocycles. The van der Waals surface area contributed by atoms with Gasteiger partial charge in [-0.05, 0) is 38.0 Å². The minimum atomic E-state index is -2.98. The number of ether oxygens (including phenoxy) is 2. The second-order valence-electron chi connectivity index (χ2n) is 7.96. The molecule has 5 atom stereocenters. The molecule has 0 aromatic heterocycles. The van der Waals surface area contributed by atoms with E-state index in [1.54, 1.807) is 0 Å². The quantitative estimate of drug-likeness (QED) is 0.327. The molecular formula is C22H30F2N2O7. The SMILES string of the molecule is C=C(C)CCCC(=O)Nc1ccc(O[C@@H]2OC(CO)[C@@H](O)C(O)C2NC(C)=O)c(C(F)F)c1. The first-order valence-corrected chi connectivity index (χ1v) is 10.5. The molecule has 1 saturated heterocycles. The molecule has 3 unspecified atom stereocenters. The third-order valence-corrected chi connectivity index (χ3v) is 5.03. The average molecular weight is 472 g/mol. The summed E-state index contributed by atoms with van der Waals surface area (Å²) in [7, 11) is 0. The van der Waals surface area contributed by atoms with Crippen LogP contribution in [-0.2, 0) is 14.3 Å². The van der Waals surface area contributed by atoms with Crippen molar-refractivity contribution in [2.75, 3.05) is 11.9 Å². The molecule has 0 bridgehead atoms. The van der Waals surface area contributed by atoms with Crippen LogP contribution in [-0.4, -0.2) is 64.4 Å². The fourth-order valence-corrected chi connectivity index (χ4v) is 3.37. The van der Waals surface area contributed by atoms with Gasteiger partial charge in [-0.15, -0.1) is 6.58 Å². The molecule has 2 rings (SSSR count). The summed E-state index contributed by atoms with van der Waals surface area (Å²) in [5, 5.41) is 34.7. The Bertz CT molecular complexity index is 852. The molecule has 0 spiro atoms. The molecule has 11 heteroatoms. The average Bonchev–Trinajstić information content (AvgIpc) is 2.73. The van der Waals surface area contributed by atoms with Gasteiger partial charge in [-0.3, -0.25) is 9.59 Å². The largest absolute Gasteiger partial charge is 0.462 e. The van der Waals surface area contributed by atoms with Crippen molar-refractivity contribution in [1.29, 1.82) is 0 Å². The summed E-state index contributed by atoms with van der Waals surface area (Å²) in [6.07, 6.45) is -7.39. The van der Waals surface area contributed by atoms with Crippen LogP contribution in [0.15, 0.2) is 30.4 Å². The van der Waals surface area contributed by atoms with Crippen molar-refractivity contribution in [3.63, 3.8) is 0 Å². The van der Waals surface area contributed by atoms with Gasteiger partial charge in [0, 0.05) is 19.0 Å². The van der Waals surface area contributed by atoms with Crippen molar-refractivity contribution < 1.29 is 43.2 Å². The number of aliphatic hydroxyl groups excluding tert-OH is 3. The molecule has 2 amide bonds. The standard InChI is InChI=1S/C22H30F2N2O7/c1-11(2)5-4-6-17(29)26-13-7-8-15(14(9-13)21(23)24)32-22-18(25-12(3)28)20(31)19(30)16(10-27)33-22/h7-9,16,18-22,27,30-31H,1,4-6,10H2,2-3H3,(H,25,28)(H,26,29)/t16?,18?,19-,20?,22-/m1/s1. The molecule has 1 heterocycles. The number of rotatable bonds is 10. The summed E-state index contributed by atoms with van der Waals surface area (Å²) in [5.74, 6) is -1.23. The highest BCUT2D eigenvalue weighted by atomic mass is 19.3. The highest BCUT2D eigenvalue weighted by Crippen LogP contribution is 2.34. The first-order valence-electron chi connectivity index (χ1n) is 10.5. The number of anilines is 1. The van der Waals surface area contributed by atoms with Crippen LogP contribution in [0, 0.1) is 0 Å². The zero-order chi connectivity index (χ0) is 24.7. The topological polar surface area (TPSA) is 137 Å². The van der Waals surface area contributed by atoms with Crippen molar-refractivity contribution in [3.05, 3.63) is 35.9 Å². The van der Waals surface area contributed by atoms with E-state index in [1.165, 1.54) is 12.1 Å². The van der Waals surface area contributed by atoms with E-state index in [9.17, 15) is 33.7 Å². The zero-order valence-electron chi connectivity index (χ0n) is 18.5. The Morgan fingerprint density at radius 3 is 2.48 bits per heavy atom. The number of carbonyl (C=O) groups is 2. The number of hydrogen-bond donors (Lipinski definition) is 5. The highest BCUT2D eigenvalue weighted by molar-refractivity contribution is 5.90. The summed E-state index contributed by atoms with van der Waals surface area (Å²) in [5.41, 5.74) is 0.526. The molecule has 33 heavy (non-hydrogen) atoms. The molecule has 184 valence electrons. The molecule has 1 aromatic rings. The van der Waals surface area contributed by atoms with E-state index < -0.39 is 55.1 Å². The van der Waals surface area contributed by atoms with Crippen molar-refractivity contribution in [3.8, 4) is 5.75 Å². The second-order valence-corrected chi connectivity index (χ2v) is 7.96. The lowest BCUT2D eigenvalue weighted by molar-refractivity contribution is -0.244. The first-order chi connectivity index (χ1) is 15.5. The fourth-order valence-electron chi connectivity index (χ4n) is 3.37. The Hall–Kier alpha value is -2.60. The van der Waals surface area contributed by atoms with Gasteiger partial charge in [-0.2, -0.15) is 0 Å². The lowest BCUT2D eigenvalue weighted by Gasteiger charge is -2.42. The monoisotopic (exact) mass is 472 g/mol. The van der Waals surface area contributed by atoms with E-state index in [0.717, 1.165) is 18.6 Å². The Balaban J connectivity index is 2.21. The smallest absolute Gasteiger partial charge is 0.267 e. The molecule has 1 aliphatic heterocycles. The number of nitrogens with one attached hydrogen (secondary N) is 2. The maximum Gasteiger partial charge on any atom is 0.267 e.